The molecule has 1 atom stereocenters. The molecule has 1 aromatic rings. The van der Waals surface area contributed by atoms with E-state index in [0.717, 1.165) is 18.8 Å². The molecule has 0 aliphatic rings. The molecule has 0 saturated carbocycles. The Morgan fingerprint density at radius 3 is 3.00 bits per heavy atom. The number of hydrazine groups is 1. The van der Waals surface area contributed by atoms with Gasteiger partial charge in [0.15, 0.2) is 0 Å². The molecule has 1 aromatic heterocycles. The Morgan fingerprint density at radius 1 is 1.50 bits per heavy atom. The molecule has 0 aliphatic carbocycles. The third-order valence-electron chi connectivity index (χ3n) is 2.55. The summed E-state index contributed by atoms with van der Waals surface area (Å²) < 4.78 is 12.3. The molecule has 7 nitrogen and oxygen atoms in total. The molecule has 0 fully saturated rings. The largest absolute Gasteiger partial charge is 0.382 e. The second-order valence-electron chi connectivity index (χ2n) is 4.03. The van der Waals surface area contributed by atoms with Crippen LogP contribution in [0.25, 0.3) is 0 Å². The van der Waals surface area contributed by atoms with Crippen LogP contribution >= 0.6 is 0 Å². The van der Waals surface area contributed by atoms with Gasteiger partial charge in [-0.2, -0.15) is 5.10 Å². The lowest BCUT2D eigenvalue weighted by Gasteiger charge is -2.16. The number of hydrogen-bond donors (Lipinski definition) is 2. The van der Waals surface area contributed by atoms with Crippen LogP contribution in [-0.2, 0) is 22.4 Å². The second kappa shape index (κ2) is 8.98. The van der Waals surface area contributed by atoms with Gasteiger partial charge in [-0.3, -0.25) is 16.0 Å². The molecule has 7 heteroatoms. The molecular formula is C11H23N5O2. The number of nitrogens with zero attached hydrogens (tertiary/aromatic N) is 3. The van der Waals surface area contributed by atoms with Crippen LogP contribution in [0, 0.1) is 0 Å². The maximum absolute atomic E-state index is 5.51. The number of methoxy groups -OCH3 is 1. The van der Waals surface area contributed by atoms with Crippen molar-refractivity contribution < 1.29 is 9.47 Å². The summed E-state index contributed by atoms with van der Waals surface area (Å²) in [7, 11) is 1.65. The number of hydrogen-bond acceptors (Lipinski definition) is 6. The van der Waals surface area contributed by atoms with Gasteiger partial charge in [0.05, 0.1) is 25.9 Å². The van der Waals surface area contributed by atoms with Gasteiger partial charge < -0.3 is 9.47 Å². The van der Waals surface area contributed by atoms with Gasteiger partial charge in [-0.15, -0.1) is 0 Å². The number of aromatic nitrogens is 3. The summed E-state index contributed by atoms with van der Waals surface area (Å²) in [6, 6.07) is 0.0293. The first-order valence-electron chi connectivity index (χ1n) is 6.21. The third-order valence-corrected chi connectivity index (χ3v) is 2.55. The van der Waals surface area contributed by atoms with Crippen LogP contribution in [0.2, 0.25) is 0 Å². The first-order valence-corrected chi connectivity index (χ1v) is 6.21. The van der Waals surface area contributed by atoms with Crippen LogP contribution in [0.5, 0.6) is 0 Å². The molecule has 0 bridgehead atoms. The van der Waals surface area contributed by atoms with Crippen molar-refractivity contribution in [3.05, 3.63) is 12.2 Å². The normalized spacial score (nSPS) is 12.8. The molecule has 1 heterocycles. The minimum absolute atomic E-state index is 0.0293. The lowest BCUT2D eigenvalue weighted by atomic mass is 10.2. The van der Waals surface area contributed by atoms with Gasteiger partial charge in [0.1, 0.15) is 12.2 Å². The first-order chi connectivity index (χ1) is 8.81. The van der Waals surface area contributed by atoms with E-state index in [9.17, 15) is 0 Å². The summed E-state index contributed by atoms with van der Waals surface area (Å²) in [6.45, 7) is 4.66. The zero-order chi connectivity index (χ0) is 13.2. The fourth-order valence-corrected chi connectivity index (χ4v) is 1.60. The van der Waals surface area contributed by atoms with E-state index in [1.807, 2.05) is 4.68 Å². The molecule has 0 saturated heterocycles. The monoisotopic (exact) mass is 257 g/mol. The maximum Gasteiger partial charge on any atom is 0.138 e. The van der Waals surface area contributed by atoms with Gasteiger partial charge in [-0.1, -0.05) is 6.92 Å². The topological polar surface area (TPSA) is 87.2 Å². The van der Waals surface area contributed by atoms with Crippen LogP contribution in [0.4, 0.5) is 0 Å². The van der Waals surface area contributed by atoms with Crippen LogP contribution < -0.4 is 11.3 Å². The van der Waals surface area contributed by atoms with Gasteiger partial charge in [0.25, 0.3) is 0 Å². The van der Waals surface area contributed by atoms with E-state index in [1.165, 1.54) is 0 Å². The smallest absolute Gasteiger partial charge is 0.138 e. The Balaban J connectivity index is 2.39. The molecule has 18 heavy (non-hydrogen) atoms. The van der Waals surface area contributed by atoms with Crippen LogP contribution in [-0.4, -0.2) is 47.7 Å². The summed E-state index contributed by atoms with van der Waals surface area (Å²) in [5, 5.41) is 4.18. The Labute approximate surface area is 108 Å². The molecule has 0 aliphatic heterocycles. The Hall–Kier alpha value is -1.02. The highest BCUT2D eigenvalue weighted by atomic mass is 16.5. The Morgan fingerprint density at radius 2 is 2.33 bits per heavy atom. The van der Waals surface area contributed by atoms with Crippen LogP contribution in [0.15, 0.2) is 6.33 Å². The van der Waals surface area contributed by atoms with Crippen molar-refractivity contribution in [3.8, 4) is 0 Å². The van der Waals surface area contributed by atoms with E-state index in [-0.39, 0.29) is 6.04 Å². The fourth-order valence-electron chi connectivity index (χ4n) is 1.60. The molecule has 0 amide bonds. The van der Waals surface area contributed by atoms with Crippen LogP contribution in [0.3, 0.4) is 0 Å². The maximum atomic E-state index is 5.51. The van der Waals surface area contributed by atoms with Crippen molar-refractivity contribution >= 4 is 0 Å². The number of ether oxygens (including phenoxy) is 2. The summed E-state index contributed by atoms with van der Waals surface area (Å²) in [6.07, 6.45) is 3.30. The van der Waals surface area contributed by atoms with E-state index in [2.05, 4.69) is 22.4 Å². The molecule has 1 rings (SSSR count). The van der Waals surface area contributed by atoms with Crippen molar-refractivity contribution in [1.29, 1.82) is 0 Å². The molecule has 3 N–H and O–H groups in total. The van der Waals surface area contributed by atoms with Gasteiger partial charge >= 0.3 is 0 Å². The number of nitrogens with two attached hydrogens (primary N) is 1. The summed E-state index contributed by atoms with van der Waals surface area (Å²) in [5.74, 6) is 6.44. The zero-order valence-electron chi connectivity index (χ0n) is 11.1. The minimum Gasteiger partial charge on any atom is -0.382 e. The lowest BCUT2D eigenvalue weighted by molar-refractivity contribution is 0.0583. The highest BCUT2D eigenvalue weighted by Gasteiger charge is 2.12. The van der Waals surface area contributed by atoms with E-state index in [4.69, 9.17) is 15.3 Å². The average molecular weight is 257 g/mol. The van der Waals surface area contributed by atoms with Crippen molar-refractivity contribution in [2.75, 3.05) is 26.9 Å². The van der Waals surface area contributed by atoms with Gasteiger partial charge in [-0.25, -0.2) is 4.98 Å². The second-order valence-corrected chi connectivity index (χ2v) is 4.03. The zero-order valence-corrected chi connectivity index (χ0v) is 11.1. The molecule has 0 radical (unpaired) electrons. The van der Waals surface area contributed by atoms with E-state index >= 15 is 0 Å². The van der Waals surface area contributed by atoms with E-state index in [1.54, 1.807) is 13.4 Å². The molecular weight excluding hydrogens is 234 g/mol. The molecule has 0 spiro atoms. The average Bonchev–Trinajstić information content (AvgIpc) is 2.81. The minimum atomic E-state index is 0.0293. The van der Waals surface area contributed by atoms with E-state index in [0.29, 0.717) is 26.2 Å². The Bertz CT molecular complexity index is 318. The SMILES string of the molecule is CCCn1ncnc1CC(COCCOC)NN. The lowest BCUT2D eigenvalue weighted by Crippen LogP contribution is -2.41. The van der Waals surface area contributed by atoms with Gasteiger partial charge in [0.2, 0.25) is 0 Å². The quantitative estimate of drug-likeness (QED) is 0.341. The number of nitrogens with one attached hydrogen (secondary N) is 1. The summed E-state index contributed by atoms with van der Waals surface area (Å²) in [5.41, 5.74) is 2.74. The van der Waals surface area contributed by atoms with Crippen molar-refractivity contribution in [1.82, 2.24) is 20.2 Å². The van der Waals surface area contributed by atoms with Crippen molar-refractivity contribution in [3.63, 3.8) is 0 Å². The molecule has 1 unspecified atom stereocenters. The fraction of sp³-hybridized carbons (Fsp3) is 0.818. The molecule has 0 aromatic carbocycles. The van der Waals surface area contributed by atoms with Crippen molar-refractivity contribution in [2.24, 2.45) is 5.84 Å². The molecule has 104 valence electrons. The highest BCUT2D eigenvalue weighted by Crippen LogP contribution is 2.01. The Kier molecular flexibility index (Phi) is 7.51. The number of aryl methyl sites for hydroxylation is 1. The summed E-state index contributed by atoms with van der Waals surface area (Å²) >= 11 is 0. The third kappa shape index (κ3) is 5.09. The standard InChI is InChI=1S/C11H23N5O2/c1-3-4-16-11(13-9-14-16)7-10(15-12)8-18-6-5-17-2/h9-10,15H,3-8,12H2,1-2H3. The first kappa shape index (κ1) is 15.0. The van der Waals surface area contributed by atoms with Crippen LogP contribution in [0.1, 0.15) is 19.2 Å². The van der Waals surface area contributed by atoms with E-state index < -0.39 is 0 Å². The van der Waals surface area contributed by atoms with Gasteiger partial charge in [-0.05, 0) is 6.42 Å². The predicted molar refractivity (Wildman–Crippen MR) is 67.8 cm³/mol. The highest BCUT2D eigenvalue weighted by molar-refractivity contribution is 4.89. The predicted octanol–water partition coefficient (Wildman–Crippen LogP) is -0.274. The number of rotatable bonds is 10. The van der Waals surface area contributed by atoms with Gasteiger partial charge in [0, 0.05) is 20.1 Å². The summed E-state index contributed by atoms with van der Waals surface area (Å²) in [4.78, 5) is 4.24. The van der Waals surface area contributed by atoms with Crippen molar-refractivity contribution in [2.45, 2.75) is 32.4 Å².